The highest BCUT2D eigenvalue weighted by Crippen LogP contribution is 2.21. The quantitative estimate of drug-likeness (QED) is 0.778. The number of hydrogen-bond acceptors (Lipinski definition) is 3. The summed E-state index contributed by atoms with van der Waals surface area (Å²) in [6, 6.07) is 11.2. The largest absolute Gasteiger partial charge is 0.300 e. The summed E-state index contributed by atoms with van der Waals surface area (Å²) in [5.74, 6) is 0. The molecule has 0 bridgehead atoms. The standard InChI is InChI=1S/C15H24N2O2S/c1-20(18,19)16-10-6-12-17-11-5-9-15(17)13-14-7-3-2-4-8-14/h2-4,7-8,15-16H,5-6,9-13H2,1H3/t15-/m1/s1. The van der Waals surface area contributed by atoms with E-state index in [0.717, 1.165) is 25.9 Å². The van der Waals surface area contributed by atoms with Crippen molar-refractivity contribution in [3.8, 4) is 0 Å². The molecule has 1 heterocycles. The lowest BCUT2D eigenvalue weighted by Crippen LogP contribution is -2.34. The maximum Gasteiger partial charge on any atom is 0.208 e. The van der Waals surface area contributed by atoms with Gasteiger partial charge in [0.15, 0.2) is 0 Å². The van der Waals surface area contributed by atoms with Gasteiger partial charge in [0.2, 0.25) is 10.0 Å². The summed E-state index contributed by atoms with van der Waals surface area (Å²) in [7, 11) is -3.05. The second-order valence-corrected chi connectivity index (χ2v) is 7.37. The van der Waals surface area contributed by atoms with E-state index in [2.05, 4.69) is 33.9 Å². The van der Waals surface area contributed by atoms with Crippen LogP contribution in [-0.4, -0.2) is 45.2 Å². The van der Waals surface area contributed by atoms with Gasteiger partial charge in [-0.2, -0.15) is 0 Å². The Morgan fingerprint density at radius 3 is 2.75 bits per heavy atom. The van der Waals surface area contributed by atoms with Gasteiger partial charge in [-0.05, 0) is 44.3 Å². The average Bonchev–Trinajstić information content (AvgIpc) is 2.82. The molecular weight excluding hydrogens is 272 g/mol. The predicted molar refractivity (Wildman–Crippen MR) is 82.2 cm³/mol. The molecule has 0 unspecified atom stereocenters. The Bertz CT molecular complexity index is 502. The highest BCUT2D eigenvalue weighted by molar-refractivity contribution is 7.88. The van der Waals surface area contributed by atoms with E-state index < -0.39 is 10.0 Å². The van der Waals surface area contributed by atoms with Gasteiger partial charge in [0.05, 0.1) is 6.26 Å². The van der Waals surface area contributed by atoms with Gasteiger partial charge >= 0.3 is 0 Å². The van der Waals surface area contributed by atoms with E-state index in [1.54, 1.807) is 0 Å². The van der Waals surface area contributed by atoms with E-state index in [9.17, 15) is 8.42 Å². The van der Waals surface area contributed by atoms with Crippen LogP contribution in [0.1, 0.15) is 24.8 Å². The Labute approximate surface area is 122 Å². The molecule has 0 amide bonds. The van der Waals surface area contributed by atoms with Gasteiger partial charge < -0.3 is 4.90 Å². The summed E-state index contributed by atoms with van der Waals surface area (Å²) in [6.07, 6.45) is 5.67. The molecule has 1 saturated heterocycles. The lowest BCUT2D eigenvalue weighted by molar-refractivity contribution is 0.250. The molecule has 1 aliphatic heterocycles. The number of hydrogen-bond donors (Lipinski definition) is 1. The second-order valence-electron chi connectivity index (χ2n) is 5.54. The highest BCUT2D eigenvalue weighted by atomic mass is 32.2. The molecule has 0 spiro atoms. The number of nitrogens with one attached hydrogen (secondary N) is 1. The van der Waals surface area contributed by atoms with Crippen molar-refractivity contribution in [2.75, 3.05) is 25.9 Å². The van der Waals surface area contributed by atoms with Crippen molar-refractivity contribution in [1.82, 2.24) is 9.62 Å². The first-order valence-electron chi connectivity index (χ1n) is 7.27. The summed E-state index contributed by atoms with van der Waals surface area (Å²) in [4.78, 5) is 2.50. The fourth-order valence-electron chi connectivity index (χ4n) is 2.85. The van der Waals surface area contributed by atoms with Gasteiger partial charge in [0, 0.05) is 12.6 Å². The Balaban J connectivity index is 1.76. The molecule has 20 heavy (non-hydrogen) atoms. The third kappa shape index (κ3) is 5.23. The van der Waals surface area contributed by atoms with Crippen molar-refractivity contribution in [2.24, 2.45) is 0 Å². The van der Waals surface area contributed by atoms with Crippen molar-refractivity contribution in [3.05, 3.63) is 35.9 Å². The molecule has 112 valence electrons. The fraction of sp³-hybridized carbons (Fsp3) is 0.600. The van der Waals surface area contributed by atoms with Crippen molar-refractivity contribution in [3.63, 3.8) is 0 Å². The monoisotopic (exact) mass is 296 g/mol. The molecule has 1 aliphatic rings. The molecule has 1 N–H and O–H groups in total. The van der Waals surface area contributed by atoms with Gasteiger partial charge in [-0.1, -0.05) is 30.3 Å². The molecule has 0 aliphatic carbocycles. The Hall–Kier alpha value is -0.910. The van der Waals surface area contributed by atoms with Gasteiger partial charge in [-0.25, -0.2) is 13.1 Å². The topological polar surface area (TPSA) is 49.4 Å². The molecule has 0 saturated carbocycles. The molecule has 0 aromatic heterocycles. The molecule has 4 nitrogen and oxygen atoms in total. The summed E-state index contributed by atoms with van der Waals surface area (Å²) >= 11 is 0. The van der Waals surface area contributed by atoms with Crippen LogP contribution in [-0.2, 0) is 16.4 Å². The molecule has 1 fully saturated rings. The van der Waals surface area contributed by atoms with Crippen LogP contribution in [0.2, 0.25) is 0 Å². The molecule has 5 heteroatoms. The molecular formula is C15H24N2O2S. The zero-order chi connectivity index (χ0) is 14.4. The predicted octanol–water partition coefficient (Wildman–Crippen LogP) is 1.63. The van der Waals surface area contributed by atoms with E-state index in [-0.39, 0.29) is 0 Å². The Morgan fingerprint density at radius 1 is 1.30 bits per heavy atom. The summed E-state index contributed by atoms with van der Waals surface area (Å²) in [5, 5.41) is 0. The zero-order valence-electron chi connectivity index (χ0n) is 12.1. The van der Waals surface area contributed by atoms with Gasteiger partial charge in [-0.3, -0.25) is 0 Å². The lowest BCUT2D eigenvalue weighted by Gasteiger charge is -2.24. The van der Waals surface area contributed by atoms with Crippen LogP contribution in [0.15, 0.2) is 30.3 Å². The number of nitrogens with zero attached hydrogens (tertiary/aromatic N) is 1. The van der Waals surface area contributed by atoms with E-state index in [0.29, 0.717) is 12.6 Å². The lowest BCUT2D eigenvalue weighted by atomic mass is 10.0. The van der Waals surface area contributed by atoms with Crippen LogP contribution >= 0.6 is 0 Å². The van der Waals surface area contributed by atoms with Gasteiger partial charge in [0.1, 0.15) is 0 Å². The fourth-order valence-corrected chi connectivity index (χ4v) is 3.36. The van der Waals surface area contributed by atoms with Crippen LogP contribution in [0.5, 0.6) is 0 Å². The number of benzene rings is 1. The number of rotatable bonds is 7. The van der Waals surface area contributed by atoms with Crippen molar-refractivity contribution in [2.45, 2.75) is 31.7 Å². The van der Waals surface area contributed by atoms with E-state index in [1.807, 2.05) is 6.07 Å². The van der Waals surface area contributed by atoms with Crippen LogP contribution in [0, 0.1) is 0 Å². The van der Waals surface area contributed by atoms with Gasteiger partial charge in [-0.15, -0.1) is 0 Å². The van der Waals surface area contributed by atoms with Crippen molar-refractivity contribution in [1.29, 1.82) is 0 Å². The van der Waals surface area contributed by atoms with Crippen LogP contribution < -0.4 is 4.72 Å². The summed E-state index contributed by atoms with van der Waals surface area (Å²) < 4.78 is 24.6. The van der Waals surface area contributed by atoms with Crippen LogP contribution in [0.25, 0.3) is 0 Å². The molecule has 1 aromatic carbocycles. The first kappa shape index (κ1) is 15.5. The normalized spacial score (nSPS) is 20.4. The smallest absolute Gasteiger partial charge is 0.208 e. The second kappa shape index (κ2) is 7.20. The van der Waals surface area contributed by atoms with E-state index in [4.69, 9.17) is 0 Å². The third-order valence-electron chi connectivity index (χ3n) is 3.80. The SMILES string of the molecule is CS(=O)(=O)NCCCN1CCC[C@@H]1Cc1ccccc1. The Morgan fingerprint density at radius 2 is 2.05 bits per heavy atom. The maximum absolute atomic E-state index is 11.0. The van der Waals surface area contributed by atoms with E-state index >= 15 is 0 Å². The minimum atomic E-state index is -3.05. The average molecular weight is 296 g/mol. The molecule has 0 radical (unpaired) electrons. The Kier molecular flexibility index (Phi) is 5.57. The molecule has 2 rings (SSSR count). The van der Waals surface area contributed by atoms with E-state index in [1.165, 1.54) is 24.7 Å². The summed E-state index contributed by atoms with van der Waals surface area (Å²) in [5.41, 5.74) is 1.39. The molecule has 1 aromatic rings. The zero-order valence-corrected chi connectivity index (χ0v) is 12.9. The van der Waals surface area contributed by atoms with Crippen LogP contribution in [0.3, 0.4) is 0 Å². The highest BCUT2D eigenvalue weighted by Gasteiger charge is 2.23. The summed E-state index contributed by atoms with van der Waals surface area (Å²) in [6.45, 7) is 2.64. The maximum atomic E-state index is 11.0. The van der Waals surface area contributed by atoms with Gasteiger partial charge in [0.25, 0.3) is 0 Å². The number of likely N-dealkylation sites (tertiary alicyclic amines) is 1. The minimum Gasteiger partial charge on any atom is -0.300 e. The minimum absolute atomic E-state index is 0.535. The number of sulfonamides is 1. The molecule has 1 atom stereocenters. The van der Waals surface area contributed by atoms with Crippen LogP contribution in [0.4, 0.5) is 0 Å². The van der Waals surface area contributed by atoms with Crippen molar-refractivity contribution < 1.29 is 8.42 Å². The third-order valence-corrected chi connectivity index (χ3v) is 4.53. The first-order valence-corrected chi connectivity index (χ1v) is 9.16. The first-order chi connectivity index (χ1) is 9.54. The van der Waals surface area contributed by atoms with Crippen molar-refractivity contribution >= 4 is 10.0 Å².